The van der Waals surface area contributed by atoms with Gasteiger partial charge in [0, 0.05) is 44.6 Å². The fourth-order valence-corrected chi connectivity index (χ4v) is 4.39. The van der Waals surface area contributed by atoms with Crippen LogP contribution in [0.25, 0.3) is 11.3 Å². The second-order valence-electron chi connectivity index (χ2n) is 8.22. The van der Waals surface area contributed by atoms with Crippen molar-refractivity contribution in [1.29, 1.82) is 0 Å². The number of aromatic nitrogens is 3. The van der Waals surface area contributed by atoms with Crippen LogP contribution >= 0.6 is 0 Å². The lowest BCUT2D eigenvalue weighted by molar-refractivity contribution is -0.125. The van der Waals surface area contributed by atoms with Crippen molar-refractivity contribution in [1.82, 2.24) is 30.3 Å². The SMILES string of the molecule is O=C1CCC(C(=O)NCc2nnc3n2CCN(Cc2ccccc2-c2ccco2)CC3)N1. The van der Waals surface area contributed by atoms with Gasteiger partial charge in [0.2, 0.25) is 11.8 Å². The molecule has 0 spiro atoms. The molecule has 1 fully saturated rings. The predicted octanol–water partition coefficient (Wildman–Crippen LogP) is 1.49. The predicted molar refractivity (Wildman–Crippen MR) is 116 cm³/mol. The molecule has 2 aliphatic heterocycles. The molecule has 0 saturated carbocycles. The standard InChI is InChI=1S/C23H26N6O3/c30-22-8-7-18(25-22)23(31)24-14-21-27-26-20-9-10-28(11-12-29(20)21)15-16-4-1-2-5-17(16)19-6-3-13-32-19/h1-6,13,18H,7-12,14-15H2,(H,24,31)(H,25,30). The summed E-state index contributed by atoms with van der Waals surface area (Å²) in [5.74, 6) is 2.32. The van der Waals surface area contributed by atoms with Crippen LogP contribution in [-0.2, 0) is 35.6 Å². The first-order valence-electron chi connectivity index (χ1n) is 11.0. The number of hydrogen-bond donors (Lipinski definition) is 2. The van der Waals surface area contributed by atoms with E-state index in [1.54, 1.807) is 6.26 Å². The molecule has 1 aromatic carbocycles. The number of nitrogens with zero attached hydrogens (tertiary/aromatic N) is 4. The second kappa shape index (κ2) is 8.96. The minimum atomic E-state index is -0.446. The Labute approximate surface area is 185 Å². The van der Waals surface area contributed by atoms with Gasteiger partial charge in [0.15, 0.2) is 5.82 Å². The first-order valence-corrected chi connectivity index (χ1v) is 11.0. The van der Waals surface area contributed by atoms with E-state index in [1.165, 1.54) is 5.56 Å². The molecule has 0 bridgehead atoms. The first kappa shape index (κ1) is 20.4. The molecule has 32 heavy (non-hydrogen) atoms. The summed E-state index contributed by atoms with van der Waals surface area (Å²) in [7, 11) is 0. The maximum absolute atomic E-state index is 12.3. The van der Waals surface area contributed by atoms with Crippen LogP contribution in [0.3, 0.4) is 0 Å². The van der Waals surface area contributed by atoms with E-state index in [0.29, 0.717) is 19.4 Å². The van der Waals surface area contributed by atoms with E-state index in [1.807, 2.05) is 18.2 Å². The number of rotatable bonds is 6. The summed E-state index contributed by atoms with van der Waals surface area (Å²) >= 11 is 0. The van der Waals surface area contributed by atoms with Gasteiger partial charge in [-0.1, -0.05) is 24.3 Å². The summed E-state index contributed by atoms with van der Waals surface area (Å²) in [5, 5.41) is 14.2. The van der Waals surface area contributed by atoms with Gasteiger partial charge in [-0.15, -0.1) is 10.2 Å². The number of nitrogens with one attached hydrogen (secondary N) is 2. The summed E-state index contributed by atoms with van der Waals surface area (Å²) in [6.45, 7) is 3.63. The van der Waals surface area contributed by atoms with Crippen LogP contribution in [-0.4, -0.2) is 50.6 Å². The summed E-state index contributed by atoms with van der Waals surface area (Å²) in [6.07, 6.45) is 3.43. The number of carbonyl (C=O) groups excluding carboxylic acids is 2. The molecule has 5 rings (SSSR count). The van der Waals surface area contributed by atoms with E-state index in [-0.39, 0.29) is 11.8 Å². The van der Waals surface area contributed by atoms with Gasteiger partial charge in [-0.25, -0.2) is 0 Å². The number of carbonyl (C=O) groups is 2. The lowest BCUT2D eigenvalue weighted by Gasteiger charge is -2.21. The van der Waals surface area contributed by atoms with Crippen molar-refractivity contribution >= 4 is 11.8 Å². The topological polar surface area (TPSA) is 105 Å². The average Bonchev–Trinajstić information content (AvgIpc) is 3.54. The van der Waals surface area contributed by atoms with Crippen LogP contribution in [0.4, 0.5) is 0 Å². The molecule has 9 heteroatoms. The number of amides is 2. The second-order valence-corrected chi connectivity index (χ2v) is 8.22. The number of fused-ring (bicyclic) bond motifs is 1. The Hall–Kier alpha value is -3.46. The zero-order valence-electron chi connectivity index (χ0n) is 17.8. The Bertz CT molecular complexity index is 1110. The molecule has 0 radical (unpaired) electrons. The van der Waals surface area contributed by atoms with Gasteiger partial charge in [0.05, 0.1) is 12.8 Å². The van der Waals surface area contributed by atoms with Crippen molar-refractivity contribution < 1.29 is 14.0 Å². The number of hydrogen-bond acceptors (Lipinski definition) is 6. The van der Waals surface area contributed by atoms with Crippen LogP contribution in [0, 0.1) is 0 Å². The Morgan fingerprint density at radius 1 is 1.12 bits per heavy atom. The third-order valence-electron chi connectivity index (χ3n) is 6.13. The minimum absolute atomic E-state index is 0.0739. The van der Waals surface area contributed by atoms with E-state index in [2.05, 4.69) is 48.5 Å². The maximum Gasteiger partial charge on any atom is 0.242 e. The summed E-state index contributed by atoms with van der Waals surface area (Å²) in [4.78, 5) is 26.1. The summed E-state index contributed by atoms with van der Waals surface area (Å²) in [6, 6.07) is 11.8. The smallest absolute Gasteiger partial charge is 0.242 e. The Morgan fingerprint density at radius 2 is 2.03 bits per heavy atom. The highest BCUT2D eigenvalue weighted by atomic mass is 16.3. The summed E-state index contributed by atoms with van der Waals surface area (Å²) < 4.78 is 7.72. The lowest BCUT2D eigenvalue weighted by atomic mass is 10.0. The zero-order valence-corrected chi connectivity index (χ0v) is 17.8. The fraction of sp³-hybridized carbons (Fsp3) is 0.391. The monoisotopic (exact) mass is 434 g/mol. The Kier molecular flexibility index (Phi) is 5.72. The minimum Gasteiger partial charge on any atom is -0.464 e. The van der Waals surface area contributed by atoms with E-state index >= 15 is 0 Å². The van der Waals surface area contributed by atoms with Gasteiger partial charge in [-0.05, 0) is 24.1 Å². The molecule has 2 amide bonds. The fourth-order valence-electron chi connectivity index (χ4n) is 4.39. The van der Waals surface area contributed by atoms with Gasteiger partial charge in [-0.2, -0.15) is 0 Å². The Morgan fingerprint density at radius 3 is 2.84 bits per heavy atom. The molecule has 1 saturated heterocycles. The molecule has 2 N–H and O–H groups in total. The normalized spacial score (nSPS) is 18.8. The molecule has 1 unspecified atom stereocenters. The van der Waals surface area contributed by atoms with E-state index < -0.39 is 6.04 Å². The highest BCUT2D eigenvalue weighted by molar-refractivity contribution is 5.90. The first-order chi connectivity index (χ1) is 15.7. The molecule has 4 heterocycles. The molecular formula is C23H26N6O3. The van der Waals surface area contributed by atoms with Gasteiger partial charge in [-0.3, -0.25) is 14.5 Å². The third-order valence-corrected chi connectivity index (χ3v) is 6.13. The van der Waals surface area contributed by atoms with Gasteiger partial charge < -0.3 is 19.6 Å². The third kappa shape index (κ3) is 4.29. The molecule has 166 valence electrons. The molecule has 1 atom stereocenters. The summed E-state index contributed by atoms with van der Waals surface area (Å²) in [5.41, 5.74) is 2.34. The zero-order chi connectivity index (χ0) is 21.9. The van der Waals surface area contributed by atoms with E-state index in [9.17, 15) is 9.59 Å². The quantitative estimate of drug-likeness (QED) is 0.609. The number of furan rings is 1. The Balaban J connectivity index is 1.22. The van der Waals surface area contributed by atoms with Crippen molar-refractivity contribution in [2.24, 2.45) is 0 Å². The van der Waals surface area contributed by atoms with E-state index in [0.717, 1.165) is 55.6 Å². The van der Waals surface area contributed by atoms with Crippen LogP contribution < -0.4 is 10.6 Å². The van der Waals surface area contributed by atoms with Crippen molar-refractivity contribution in [3.63, 3.8) is 0 Å². The van der Waals surface area contributed by atoms with Crippen LogP contribution in [0.1, 0.15) is 30.1 Å². The van der Waals surface area contributed by atoms with Gasteiger partial charge >= 0.3 is 0 Å². The number of benzene rings is 1. The highest BCUT2D eigenvalue weighted by Gasteiger charge is 2.27. The van der Waals surface area contributed by atoms with Crippen molar-refractivity contribution in [2.75, 3.05) is 13.1 Å². The molecule has 2 aliphatic rings. The molecule has 3 aromatic rings. The van der Waals surface area contributed by atoms with E-state index in [4.69, 9.17) is 4.42 Å². The van der Waals surface area contributed by atoms with Crippen LogP contribution in [0.5, 0.6) is 0 Å². The maximum atomic E-state index is 12.3. The lowest BCUT2D eigenvalue weighted by Crippen LogP contribution is -2.41. The van der Waals surface area contributed by atoms with Gasteiger partial charge in [0.25, 0.3) is 0 Å². The highest BCUT2D eigenvalue weighted by Crippen LogP contribution is 2.25. The van der Waals surface area contributed by atoms with Crippen LogP contribution in [0.2, 0.25) is 0 Å². The molecular weight excluding hydrogens is 408 g/mol. The average molecular weight is 435 g/mol. The molecule has 0 aliphatic carbocycles. The van der Waals surface area contributed by atoms with Crippen molar-refractivity contribution in [3.8, 4) is 11.3 Å². The molecule has 2 aromatic heterocycles. The largest absolute Gasteiger partial charge is 0.464 e. The van der Waals surface area contributed by atoms with Crippen molar-refractivity contribution in [3.05, 3.63) is 59.9 Å². The van der Waals surface area contributed by atoms with Crippen LogP contribution in [0.15, 0.2) is 47.1 Å². The molecule has 9 nitrogen and oxygen atoms in total. The van der Waals surface area contributed by atoms with Gasteiger partial charge in [0.1, 0.15) is 17.6 Å². The van der Waals surface area contributed by atoms with Crippen molar-refractivity contribution in [2.45, 2.75) is 44.9 Å².